The molecule has 8 rings (SSSR count). The summed E-state index contributed by atoms with van der Waals surface area (Å²) in [7, 11) is 0. The summed E-state index contributed by atoms with van der Waals surface area (Å²) >= 11 is 0. The number of rotatable bonds is 5. The highest BCUT2D eigenvalue weighted by Crippen LogP contribution is 2.53. The fourth-order valence-corrected chi connectivity index (χ4v) is 6.85. The minimum atomic E-state index is -0.195. The topological polar surface area (TPSA) is 30.1 Å². The Hall–Kier alpha value is -6.11. The Balaban J connectivity index is 1.23. The van der Waals surface area contributed by atoms with Gasteiger partial charge in [0.1, 0.15) is 0 Å². The molecule has 1 aliphatic rings. The number of fused-ring (bicyclic) bond motifs is 3. The Labute approximate surface area is 275 Å². The van der Waals surface area contributed by atoms with Crippen LogP contribution in [-0.4, -0.2) is 9.97 Å². The maximum absolute atomic E-state index is 7.77. The van der Waals surface area contributed by atoms with E-state index in [-0.39, 0.29) is 5.41 Å². The lowest BCUT2D eigenvalue weighted by Crippen LogP contribution is -2.14. The average Bonchev–Trinajstić information content (AvgIpc) is 3.38. The summed E-state index contributed by atoms with van der Waals surface area (Å²) < 4.78 is 0. The summed E-state index contributed by atoms with van der Waals surface area (Å²) in [6.45, 7) is 12.3. The molecule has 222 valence electrons. The molecule has 0 spiro atoms. The number of hydrogen-bond donors (Lipinski definition) is 0. The number of aromatic nitrogens is 2. The molecule has 0 radical (unpaired) electrons. The van der Waals surface area contributed by atoms with Crippen LogP contribution in [-0.2, 0) is 5.41 Å². The standard InChI is InChI=1S/C44H31N3/c1-44(2)37-21-12-22-39(45-3)42(37)36-24-23-33(27-38(36)44)32-18-10-19-34(25-32)41-28-40(30-15-8-5-9-16-30)46-43(47-41)35-20-11-17-31(26-35)29-13-6-4-7-14-29/h4-28H,1-2H3. The van der Waals surface area contributed by atoms with E-state index in [1.54, 1.807) is 0 Å². The van der Waals surface area contributed by atoms with E-state index in [1.807, 2.05) is 36.4 Å². The van der Waals surface area contributed by atoms with Gasteiger partial charge in [-0.15, -0.1) is 0 Å². The molecule has 3 heteroatoms. The van der Waals surface area contributed by atoms with E-state index in [2.05, 4.69) is 134 Å². The molecule has 7 aromatic rings. The fraction of sp³-hybridized carbons (Fsp3) is 0.0682. The fourth-order valence-electron chi connectivity index (χ4n) is 6.85. The lowest BCUT2D eigenvalue weighted by Gasteiger charge is -2.22. The van der Waals surface area contributed by atoms with Gasteiger partial charge >= 0.3 is 0 Å². The van der Waals surface area contributed by atoms with Crippen LogP contribution in [0.1, 0.15) is 25.0 Å². The van der Waals surface area contributed by atoms with Gasteiger partial charge < -0.3 is 0 Å². The number of hydrogen-bond acceptors (Lipinski definition) is 2. The molecule has 0 saturated heterocycles. The van der Waals surface area contributed by atoms with E-state index < -0.39 is 0 Å². The summed E-state index contributed by atoms with van der Waals surface area (Å²) in [5, 5.41) is 0. The Morgan fingerprint density at radius 2 is 1.02 bits per heavy atom. The summed E-state index contributed by atoms with van der Waals surface area (Å²) in [5.41, 5.74) is 14.6. The zero-order valence-electron chi connectivity index (χ0n) is 26.3. The highest BCUT2D eigenvalue weighted by molar-refractivity contribution is 5.91. The first kappa shape index (κ1) is 28.4. The molecular formula is C44H31N3. The monoisotopic (exact) mass is 601 g/mol. The van der Waals surface area contributed by atoms with E-state index in [9.17, 15) is 0 Å². The Bertz CT molecular complexity index is 2330. The van der Waals surface area contributed by atoms with Crippen LogP contribution in [0.25, 0.3) is 72.1 Å². The van der Waals surface area contributed by atoms with Gasteiger partial charge in [0.25, 0.3) is 0 Å². The third-order valence-electron chi connectivity index (χ3n) is 9.31. The van der Waals surface area contributed by atoms with Crippen LogP contribution in [0.5, 0.6) is 0 Å². The van der Waals surface area contributed by atoms with Gasteiger partial charge in [-0.25, -0.2) is 14.8 Å². The molecule has 0 aliphatic heterocycles. The lowest BCUT2D eigenvalue weighted by atomic mass is 9.81. The van der Waals surface area contributed by atoms with Crippen molar-refractivity contribution in [1.82, 2.24) is 9.97 Å². The predicted molar refractivity (Wildman–Crippen MR) is 193 cm³/mol. The van der Waals surface area contributed by atoms with E-state index in [1.165, 1.54) is 11.1 Å². The normalized spacial score (nSPS) is 12.6. The quantitative estimate of drug-likeness (QED) is 0.184. The van der Waals surface area contributed by atoms with Crippen molar-refractivity contribution in [1.29, 1.82) is 0 Å². The number of benzene rings is 6. The first-order valence-corrected chi connectivity index (χ1v) is 15.9. The van der Waals surface area contributed by atoms with Gasteiger partial charge in [-0.05, 0) is 68.8 Å². The molecule has 6 aromatic carbocycles. The summed E-state index contributed by atoms with van der Waals surface area (Å²) in [6.07, 6.45) is 0. The molecule has 0 N–H and O–H groups in total. The molecule has 0 bridgehead atoms. The van der Waals surface area contributed by atoms with Crippen LogP contribution in [0.2, 0.25) is 0 Å². The SMILES string of the molecule is [C-]#[N+]c1cccc2c1-c1ccc(-c3cccc(-c4cc(-c5ccccc5)nc(-c5cccc(-c6ccccc6)c5)n4)c3)cc1C2(C)C. The van der Waals surface area contributed by atoms with Crippen LogP contribution in [0, 0.1) is 6.57 Å². The van der Waals surface area contributed by atoms with Crippen molar-refractivity contribution in [3.8, 4) is 67.3 Å². The Morgan fingerprint density at radius 1 is 0.468 bits per heavy atom. The number of nitrogens with zero attached hydrogens (tertiary/aromatic N) is 3. The maximum Gasteiger partial charge on any atom is 0.195 e. The van der Waals surface area contributed by atoms with Crippen molar-refractivity contribution in [2.75, 3.05) is 0 Å². The third-order valence-corrected chi connectivity index (χ3v) is 9.31. The van der Waals surface area contributed by atoms with Crippen molar-refractivity contribution >= 4 is 5.69 Å². The second-order valence-electron chi connectivity index (χ2n) is 12.6. The van der Waals surface area contributed by atoms with Crippen LogP contribution in [0.15, 0.2) is 152 Å². The molecular weight excluding hydrogens is 571 g/mol. The summed E-state index contributed by atoms with van der Waals surface area (Å²) in [5.74, 6) is 0.692. The van der Waals surface area contributed by atoms with Crippen LogP contribution in [0.4, 0.5) is 5.69 Å². The molecule has 0 atom stereocenters. The van der Waals surface area contributed by atoms with Gasteiger partial charge in [-0.3, -0.25) is 0 Å². The predicted octanol–water partition coefficient (Wildman–Crippen LogP) is 11.7. The molecule has 1 heterocycles. The van der Waals surface area contributed by atoms with Crippen LogP contribution in [0.3, 0.4) is 0 Å². The zero-order valence-corrected chi connectivity index (χ0v) is 26.3. The smallest absolute Gasteiger partial charge is 0.195 e. The van der Waals surface area contributed by atoms with Gasteiger partial charge in [0, 0.05) is 22.1 Å². The van der Waals surface area contributed by atoms with E-state index in [0.717, 1.165) is 61.5 Å². The zero-order chi connectivity index (χ0) is 32.0. The van der Waals surface area contributed by atoms with Crippen molar-refractivity contribution in [3.05, 3.63) is 174 Å². The van der Waals surface area contributed by atoms with Gasteiger partial charge in [-0.1, -0.05) is 141 Å². The van der Waals surface area contributed by atoms with E-state index >= 15 is 0 Å². The first-order valence-electron chi connectivity index (χ1n) is 15.9. The molecule has 0 amide bonds. The maximum atomic E-state index is 7.77. The van der Waals surface area contributed by atoms with Crippen LogP contribution >= 0.6 is 0 Å². The van der Waals surface area contributed by atoms with Crippen molar-refractivity contribution in [2.45, 2.75) is 19.3 Å². The second-order valence-corrected chi connectivity index (χ2v) is 12.6. The molecule has 3 nitrogen and oxygen atoms in total. The molecule has 1 aliphatic carbocycles. The molecule has 1 aromatic heterocycles. The van der Waals surface area contributed by atoms with Crippen molar-refractivity contribution in [2.24, 2.45) is 0 Å². The molecule has 47 heavy (non-hydrogen) atoms. The summed E-state index contributed by atoms with van der Waals surface area (Å²) in [4.78, 5) is 14.1. The molecule has 0 saturated carbocycles. The Morgan fingerprint density at radius 3 is 1.74 bits per heavy atom. The van der Waals surface area contributed by atoms with Gasteiger partial charge in [0.15, 0.2) is 11.5 Å². The largest absolute Gasteiger partial charge is 0.238 e. The second kappa shape index (κ2) is 11.4. The highest BCUT2D eigenvalue weighted by Gasteiger charge is 2.36. The van der Waals surface area contributed by atoms with Crippen LogP contribution < -0.4 is 0 Å². The first-order chi connectivity index (χ1) is 23.0. The minimum absolute atomic E-state index is 0.195. The van der Waals surface area contributed by atoms with Gasteiger partial charge in [0.2, 0.25) is 0 Å². The van der Waals surface area contributed by atoms with Gasteiger partial charge in [0.05, 0.1) is 18.0 Å². The van der Waals surface area contributed by atoms with E-state index in [4.69, 9.17) is 16.5 Å². The third kappa shape index (κ3) is 5.01. The minimum Gasteiger partial charge on any atom is -0.238 e. The lowest BCUT2D eigenvalue weighted by molar-refractivity contribution is 0.661. The molecule has 0 fully saturated rings. The highest BCUT2D eigenvalue weighted by atomic mass is 14.9. The summed E-state index contributed by atoms with van der Waals surface area (Å²) in [6, 6.07) is 52.6. The molecule has 0 unspecified atom stereocenters. The Kier molecular flexibility index (Phi) is 6.85. The van der Waals surface area contributed by atoms with E-state index in [0.29, 0.717) is 11.5 Å². The van der Waals surface area contributed by atoms with Gasteiger partial charge in [-0.2, -0.15) is 0 Å². The average molecular weight is 602 g/mol. The van der Waals surface area contributed by atoms with Crippen molar-refractivity contribution in [3.63, 3.8) is 0 Å². The van der Waals surface area contributed by atoms with Crippen molar-refractivity contribution < 1.29 is 0 Å².